The van der Waals surface area contributed by atoms with Crippen LogP contribution in [0.4, 0.5) is 11.4 Å². The first-order valence-corrected chi connectivity index (χ1v) is 12.5. The van der Waals surface area contributed by atoms with Gasteiger partial charge in [-0.15, -0.1) is 0 Å². The van der Waals surface area contributed by atoms with Crippen molar-refractivity contribution in [2.24, 2.45) is 0 Å². The highest BCUT2D eigenvalue weighted by molar-refractivity contribution is 5.92. The fourth-order valence-electron chi connectivity index (χ4n) is 5.34. The standard InChI is InChI=1S/C33H26N2O2/c1-23-11-8-15-26-21-34(28-17-4-3-5-18-28)33(36-31(23)26)35(22-27-16-9-12-24(2)32(27)37-33)30-20-10-14-25-13-6-7-19-29(25)30/h3-22H,1-2H3/q+2/t33-/m0/s1. The number of hydrogen-bond donors (Lipinski definition) is 0. The van der Waals surface area contributed by atoms with Crippen molar-refractivity contribution < 1.29 is 18.6 Å². The first-order valence-electron chi connectivity index (χ1n) is 12.5. The third kappa shape index (κ3) is 3.30. The van der Waals surface area contributed by atoms with Gasteiger partial charge < -0.3 is 9.47 Å². The monoisotopic (exact) mass is 482 g/mol. The van der Waals surface area contributed by atoms with Gasteiger partial charge in [0.05, 0.1) is 16.5 Å². The number of hydrogen-bond acceptors (Lipinski definition) is 2. The summed E-state index contributed by atoms with van der Waals surface area (Å²) in [4.78, 5) is 0. The van der Waals surface area contributed by atoms with Crippen LogP contribution in [0, 0.1) is 13.8 Å². The molecule has 2 aliphatic rings. The highest BCUT2D eigenvalue weighted by Crippen LogP contribution is 2.43. The third-order valence-corrected chi connectivity index (χ3v) is 7.16. The Kier molecular flexibility index (Phi) is 4.76. The number of ether oxygens (including phenoxy) is 2. The van der Waals surface area contributed by atoms with Gasteiger partial charge in [0.2, 0.25) is 11.4 Å². The van der Waals surface area contributed by atoms with Gasteiger partial charge in [-0.25, -0.2) is 0 Å². The summed E-state index contributed by atoms with van der Waals surface area (Å²) < 4.78 is 18.3. The molecular formula is C33H26N2O2+2. The molecule has 2 heterocycles. The van der Waals surface area contributed by atoms with Crippen molar-refractivity contribution in [3.8, 4) is 11.5 Å². The molecule has 178 valence electrons. The van der Waals surface area contributed by atoms with Crippen molar-refractivity contribution in [2.45, 2.75) is 19.9 Å². The highest BCUT2D eigenvalue weighted by atomic mass is 16.7. The minimum atomic E-state index is -1.33. The summed E-state index contributed by atoms with van der Waals surface area (Å²) in [5.74, 6) is 1.62. The van der Waals surface area contributed by atoms with Crippen LogP contribution >= 0.6 is 0 Å². The van der Waals surface area contributed by atoms with E-state index in [9.17, 15) is 0 Å². The molecule has 0 fully saturated rings. The lowest BCUT2D eigenvalue weighted by molar-refractivity contribution is -0.855. The fraction of sp³-hybridized carbons (Fsp3) is 0.0909. The molecule has 0 amide bonds. The van der Waals surface area contributed by atoms with Crippen LogP contribution in [0.5, 0.6) is 11.5 Å². The van der Waals surface area contributed by atoms with Crippen LogP contribution in [0.2, 0.25) is 0 Å². The molecule has 7 rings (SSSR count). The molecular weight excluding hydrogens is 456 g/mol. The third-order valence-electron chi connectivity index (χ3n) is 7.16. The van der Waals surface area contributed by atoms with E-state index in [0.29, 0.717) is 0 Å². The average Bonchev–Trinajstić information content (AvgIpc) is 2.94. The van der Waals surface area contributed by atoms with Crippen LogP contribution in [0.3, 0.4) is 0 Å². The summed E-state index contributed by atoms with van der Waals surface area (Å²) in [7, 11) is 0. The minimum absolute atomic E-state index is 0.811. The first kappa shape index (κ1) is 21.6. The minimum Gasteiger partial charge on any atom is -0.340 e. The van der Waals surface area contributed by atoms with Crippen LogP contribution in [0.1, 0.15) is 22.3 Å². The lowest BCUT2D eigenvalue weighted by Crippen LogP contribution is -2.62. The van der Waals surface area contributed by atoms with E-state index in [1.807, 2.05) is 18.2 Å². The molecule has 2 aliphatic heterocycles. The Morgan fingerprint density at radius 2 is 1.11 bits per heavy atom. The topological polar surface area (TPSA) is 24.5 Å². The second-order valence-electron chi connectivity index (χ2n) is 9.57. The molecule has 0 aliphatic carbocycles. The average molecular weight is 483 g/mol. The van der Waals surface area contributed by atoms with Crippen LogP contribution in [-0.2, 0) is 0 Å². The van der Waals surface area contributed by atoms with Gasteiger partial charge in [-0.05, 0) is 48.6 Å². The Morgan fingerprint density at radius 1 is 0.541 bits per heavy atom. The Bertz CT molecular complexity index is 1740. The van der Waals surface area contributed by atoms with Crippen LogP contribution in [0.15, 0.2) is 109 Å². The quantitative estimate of drug-likeness (QED) is 0.251. The Labute approximate surface area is 216 Å². The van der Waals surface area contributed by atoms with Gasteiger partial charge in [0.15, 0.2) is 23.9 Å². The SMILES string of the molecule is Cc1cccc2c1O[C@]1(Oc3c(C)cccc3C=[N+]1c1cccc3ccccc13)[N+](c1ccccc1)=C2. The molecule has 0 saturated carbocycles. The largest absolute Gasteiger partial charge is 0.714 e. The van der Waals surface area contributed by atoms with Crippen molar-refractivity contribution in [1.82, 2.24) is 0 Å². The van der Waals surface area contributed by atoms with Crippen molar-refractivity contribution >= 4 is 34.6 Å². The molecule has 5 aromatic carbocycles. The maximum absolute atomic E-state index is 7.05. The zero-order chi connectivity index (χ0) is 25.0. The second kappa shape index (κ2) is 8.17. The number of benzene rings is 5. The maximum Gasteiger partial charge on any atom is 0.714 e. The van der Waals surface area contributed by atoms with Gasteiger partial charge in [-0.2, -0.15) is 0 Å². The van der Waals surface area contributed by atoms with Crippen molar-refractivity contribution in [3.05, 3.63) is 131 Å². The van der Waals surface area contributed by atoms with E-state index in [-0.39, 0.29) is 0 Å². The molecule has 4 heteroatoms. The van der Waals surface area contributed by atoms with Crippen molar-refractivity contribution in [3.63, 3.8) is 0 Å². The smallest absolute Gasteiger partial charge is 0.340 e. The van der Waals surface area contributed by atoms with Crippen LogP contribution in [0.25, 0.3) is 10.8 Å². The molecule has 0 radical (unpaired) electrons. The van der Waals surface area contributed by atoms with Crippen LogP contribution < -0.4 is 9.47 Å². The summed E-state index contributed by atoms with van der Waals surface area (Å²) in [6.45, 7) is 4.15. The van der Waals surface area contributed by atoms with Gasteiger partial charge in [-0.1, -0.05) is 81.9 Å². The number of para-hydroxylation sites is 3. The van der Waals surface area contributed by atoms with E-state index in [1.54, 1.807) is 0 Å². The number of aryl methyl sites for hydroxylation is 2. The zero-order valence-corrected chi connectivity index (χ0v) is 20.8. The lowest BCUT2D eigenvalue weighted by atomic mass is 10.1. The summed E-state index contributed by atoms with van der Waals surface area (Å²) in [5.41, 5.74) is 6.08. The van der Waals surface area contributed by atoms with Gasteiger partial charge >= 0.3 is 6.03 Å². The van der Waals surface area contributed by atoms with E-state index in [0.717, 1.165) is 55.9 Å². The number of fused-ring (bicyclic) bond motifs is 3. The highest BCUT2D eigenvalue weighted by Gasteiger charge is 2.66. The molecule has 0 saturated heterocycles. The van der Waals surface area contributed by atoms with Gasteiger partial charge in [0, 0.05) is 18.2 Å². The molecule has 5 aromatic rings. The summed E-state index contributed by atoms with van der Waals surface area (Å²) in [6, 6.07) is 36.2. The van der Waals surface area contributed by atoms with E-state index in [4.69, 9.17) is 9.47 Å². The maximum atomic E-state index is 7.05. The lowest BCUT2D eigenvalue weighted by Gasteiger charge is -2.32. The van der Waals surface area contributed by atoms with Gasteiger partial charge in [0.25, 0.3) is 0 Å². The normalized spacial score (nSPS) is 17.8. The van der Waals surface area contributed by atoms with E-state index >= 15 is 0 Å². The Hall–Kier alpha value is -4.70. The summed E-state index contributed by atoms with van der Waals surface area (Å²) in [6.07, 6.45) is 4.29. The first-order chi connectivity index (χ1) is 18.1. The molecule has 1 atom stereocenters. The molecule has 37 heavy (non-hydrogen) atoms. The fourth-order valence-corrected chi connectivity index (χ4v) is 5.34. The Balaban J connectivity index is 1.59. The summed E-state index contributed by atoms with van der Waals surface area (Å²) in [5, 5.41) is 2.27. The molecule has 1 spiro atoms. The van der Waals surface area contributed by atoms with Gasteiger partial charge in [0.1, 0.15) is 0 Å². The number of rotatable bonds is 2. The predicted octanol–water partition coefficient (Wildman–Crippen LogP) is 7.08. The molecule has 0 bridgehead atoms. The van der Waals surface area contributed by atoms with Crippen molar-refractivity contribution in [2.75, 3.05) is 0 Å². The van der Waals surface area contributed by atoms with E-state index in [1.165, 1.54) is 0 Å². The summed E-state index contributed by atoms with van der Waals surface area (Å²) >= 11 is 0. The van der Waals surface area contributed by atoms with Gasteiger partial charge in [-0.3, -0.25) is 0 Å². The Morgan fingerprint density at radius 3 is 1.81 bits per heavy atom. The predicted molar refractivity (Wildman–Crippen MR) is 147 cm³/mol. The molecule has 0 aromatic heterocycles. The van der Waals surface area contributed by atoms with E-state index in [2.05, 4.69) is 126 Å². The molecule has 0 unspecified atom stereocenters. The van der Waals surface area contributed by atoms with Crippen molar-refractivity contribution in [1.29, 1.82) is 0 Å². The molecule has 4 nitrogen and oxygen atoms in total. The molecule has 0 N–H and O–H groups in total. The van der Waals surface area contributed by atoms with Crippen LogP contribution in [-0.4, -0.2) is 27.6 Å². The second-order valence-corrected chi connectivity index (χ2v) is 9.57. The number of nitrogens with zero attached hydrogens (tertiary/aromatic N) is 2. The zero-order valence-electron chi connectivity index (χ0n) is 20.8. The van der Waals surface area contributed by atoms with E-state index < -0.39 is 6.03 Å².